The number of anilines is 1. The van der Waals surface area contributed by atoms with Crippen molar-refractivity contribution < 1.29 is 15.0 Å². The molecular weight excluding hydrogens is 498 g/mol. The number of nitrogens with one attached hydrogen (secondary N) is 1. The SMILES string of the molecule is N[C@H]1[C@H](O)C=CC[C@@H]1c1sc2c(NCc3cccs3)cc(Cl)nc2c1Br.O=CO. The lowest BCUT2D eigenvalue weighted by Gasteiger charge is -2.28. The Bertz CT molecular complexity index is 1010. The first-order valence-corrected chi connectivity index (χ1v) is 11.6. The molecule has 0 aromatic carbocycles. The van der Waals surface area contributed by atoms with Crippen LogP contribution in [0.2, 0.25) is 5.15 Å². The Kier molecular flexibility index (Phi) is 7.66. The first kappa shape index (κ1) is 22.2. The maximum atomic E-state index is 10.1. The number of hydrogen-bond donors (Lipinski definition) is 4. The summed E-state index contributed by atoms with van der Waals surface area (Å²) in [6.07, 6.45) is 3.94. The second kappa shape index (κ2) is 10.0. The Morgan fingerprint density at radius 2 is 2.24 bits per heavy atom. The van der Waals surface area contributed by atoms with Gasteiger partial charge in [0.25, 0.3) is 6.47 Å². The van der Waals surface area contributed by atoms with Crippen LogP contribution in [-0.2, 0) is 11.3 Å². The number of hydrogen-bond acceptors (Lipinski definition) is 7. The Morgan fingerprint density at radius 1 is 1.48 bits per heavy atom. The van der Waals surface area contributed by atoms with E-state index in [0.717, 1.165) is 38.2 Å². The number of rotatable bonds is 4. The Balaban J connectivity index is 0.000000755. The largest absolute Gasteiger partial charge is 0.483 e. The third kappa shape index (κ3) is 4.99. The number of allylic oxidation sites excluding steroid dienone is 1. The van der Waals surface area contributed by atoms with Gasteiger partial charge in [-0.15, -0.1) is 22.7 Å². The van der Waals surface area contributed by atoms with Crippen LogP contribution >= 0.6 is 50.2 Å². The minimum Gasteiger partial charge on any atom is -0.483 e. The first-order chi connectivity index (χ1) is 14.0. The predicted octanol–water partition coefficient (Wildman–Crippen LogP) is 4.82. The quantitative estimate of drug-likeness (QED) is 0.225. The van der Waals surface area contributed by atoms with Crippen molar-refractivity contribution in [3.63, 3.8) is 0 Å². The fourth-order valence-electron chi connectivity index (χ4n) is 3.16. The van der Waals surface area contributed by atoms with E-state index in [1.54, 1.807) is 28.7 Å². The summed E-state index contributed by atoms with van der Waals surface area (Å²) in [4.78, 5) is 15.2. The molecule has 6 nitrogen and oxygen atoms in total. The van der Waals surface area contributed by atoms with E-state index in [9.17, 15) is 5.11 Å². The van der Waals surface area contributed by atoms with Gasteiger partial charge in [-0.2, -0.15) is 0 Å². The molecule has 0 unspecified atom stereocenters. The number of carbonyl (C=O) groups is 1. The lowest BCUT2D eigenvalue weighted by Crippen LogP contribution is -2.40. The molecule has 0 radical (unpaired) electrons. The predicted molar refractivity (Wildman–Crippen MR) is 123 cm³/mol. The second-order valence-corrected chi connectivity index (χ2v) is 9.59. The molecule has 29 heavy (non-hydrogen) atoms. The van der Waals surface area contributed by atoms with Crippen LogP contribution in [0.25, 0.3) is 10.2 Å². The zero-order chi connectivity index (χ0) is 21.0. The first-order valence-electron chi connectivity index (χ1n) is 8.69. The van der Waals surface area contributed by atoms with Gasteiger partial charge in [0.05, 0.1) is 26.5 Å². The number of aliphatic hydroxyl groups is 1. The average Bonchev–Trinajstić information content (AvgIpc) is 3.32. The molecule has 0 saturated carbocycles. The van der Waals surface area contributed by atoms with Gasteiger partial charge in [0.15, 0.2) is 0 Å². The van der Waals surface area contributed by atoms with Crippen molar-refractivity contribution in [3.05, 3.63) is 55.1 Å². The summed E-state index contributed by atoms with van der Waals surface area (Å²) in [5.74, 6) is 0.0486. The number of fused-ring (bicyclic) bond motifs is 1. The summed E-state index contributed by atoms with van der Waals surface area (Å²) < 4.78 is 1.96. The van der Waals surface area contributed by atoms with Crippen LogP contribution in [0.1, 0.15) is 22.1 Å². The molecule has 0 spiro atoms. The van der Waals surface area contributed by atoms with Crippen molar-refractivity contribution in [1.29, 1.82) is 0 Å². The molecule has 5 N–H and O–H groups in total. The van der Waals surface area contributed by atoms with Crippen molar-refractivity contribution in [2.45, 2.75) is 31.0 Å². The van der Waals surface area contributed by atoms with Gasteiger partial charge in [0, 0.05) is 34.3 Å². The lowest BCUT2D eigenvalue weighted by molar-refractivity contribution is -0.122. The highest BCUT2D eigenvalue weighted by Gasteiger charge is 2.31. The van der Waals surface area contributed by atoms with E-state index >= 15 is 0 Å². The van der Waals surface area contributed by atoms with Crippen LogP contribution in [0, 0.1) is 0 Å². The molecule has 10 heteroatoms. The molecule has 0 amide bonds. The minimum absolute atomic E-state index is 0.0486. The molecular formula is C19H19BrClN3O3S2. The lowest BCUT2D eigenvalue weighted by atomic mass is 9.86. The van der Waals surface area contributed by atoms with Crippen LogP contribution in [0.5, 0.6) is 0 Å². The number of thiophene rings is 2. The van der Waals surface area contributed by atoms with Gasteiger partial charge >= 0.3 is 0 Å². The fraction of sp³-hybridized carbons (Fsp3) is 0.263. The smallest absolute Gasteiger partial charge is 0.290 e. The molecule has 3 heterocycles. The summed E-state index contributed by atoms with van der Waals surface area (Å²) in [6, 6.07) is 5.67. The van der Waals surface area contributed by atoms with Crippen molar-refractivity contribution >= 4 is 72.6 Å². The number of nitrogens with zero attached hydrogens (tertiary/aromatic N) is 1. The molecule has 0 aliphatic heterocycles. The minimum atomic E-state index is -0.626. The molecule has 0 bridgehead atoms. The Hall–Kier alpha value is -1.49. The Morgan fingerprint density at radius 3 is 2.93 bits per heavy atom. The van der Waals surface area contributed by atoms with Crippen molar-refractivity contribution in [2.75, 3.05) is 5.32 Å². The molecule has 3 atom stereocenters. The molecule has 1 aliphatic carbocycles. The van der Waals surface area contributed by atoms with E-state index in [0.29, 0.717) is 5.15 Å². The topological polar surface area (TPSA) is 108 Å². The molecule has 154 valence electrons. The zero-order valence-corrected chi connectivity index (χ0v) is 19.1. The second-order valence-electron chi connectivity index (χ2n) is 6.33. The van der Waals surface area contributed by atoms with Gasteiger partial charge in [0.2, 0.25) is 0 Å². The normalized spacial score (nSPS) is 20.9. The van der Waals surface area contributed by atoms with Crippen LogP contribution in [0.3, 0.4) is 0 Å². The molecule has 1 aliphatic rings. The van der Waals surface area contributed by atoms with Crippen molar-refractivity contribution in [2.24, 2.45) is 5.73 Å². The summed E-state index contributed by atoms with van der Waals surface area (Å²) in [5, 5.41) is 23.0. The van der Waals surface area contributed by atoms with E-state index in [2.05, 4.69) is 37.7 Å². The van der Waals surface area contributed by atoms with Gasteiger partial charge < -0.3 is 21.3 Å². The molecule has 0 saturated heterocycles. The van der Waals surface area contributed by atoms with Crippen LogP contribution in [0.4, 0.5) is 5.69 Å². The van der Waals surface area contributed by atoms with E-state index < -0.39 is 6.10 Å². The van der Waals surface area contributed by atoms with Gasteiger partial charge in [0.1, 0.15) is 5.15 Å². The van der Waals surface area contributed by atoms with Crippen LogP contribution in [0.15, 0.2) is 40.2 Å². The number of pyridine rings is 1. The third-order valence-corrected chi connectivity index (χ3v) is 8.01. The molecule has 3 aromatic rings. The zero-order valence-electron chi connectivity index (χ0n) is 15.1. The number of halogens is 2. The standard InChI is InChI=1S/C18H17BrClN3OS2.CH2O2/c19-14-16-18(26-17(14)10-4-1-5-12(24)15(10)21)11(7-13(20)23-16)22-8-9-3-2-6-25-9;2-1-3/h1-3,5-7,10,12,15,24H,4,8,21H2,(H,22,23);1H,(H,2,3)/t10-,12+,15+;/m0./s1. The average molecular weight is 517 g/mol. The van der Waals surface area contributed by atoms with Crippen LogP contribution in [-0.4, -0.2) is 33.8 Å². The number of carboxylic acid groups (broad SMARTS) is 1. The van der Waals surface area contributed by atoms with Gasteiger partial charge in [-0.25, -0.2) is 4.98 Å². The van der Waals surface area contributed by atoms with Gasteiger partial charge in [-0.05, 0) is 33.8 Å². The van der Waals surface area contributed by atoms with E-state index in [1.807, 2.05) is 18.2 Å². The maximum Gasteiger partial charge on any atom is 0.290 e. The fourth-order valence-corrected chi connectivity index (χ4v) is 6.25. The summed E-state index contributed by atoms with van der Waals surface area (Å²) >= 11 is 13.3. The molecule has 3 aromatic heterocycles. The number of nitrogens with two attached hydrogens (primary N) is 1. The van der Waals surface area contributed by atoms with Gasteiger partial charge in [-0.1, -0.05) is 29.8 Å². The van der Waals surface area contributed by atoms with Crippen molar-refractivity contribution in [1.82, 2.24) is 4.98 Å². The monoisotopic (exact) mass is 515 g/mol. The summed E-state index contributed by atoms with van der Waals surface area (Å²) in [5.41, 5.74) is 8.06. The molecule has 4 rings (SSSR count). The highest BCUT2D eigenvalue weighted by atomic mass is 79.9. The number of aliphatic hydroxyl groups excluding tert-OH is 1. The van der Waals surface area contributed by atoms with E-state index in [-0.39, 0.29) is 18.4 Å². The summed E-state index contributed by atoms with van der Waals surface area (Å²) in [6.45, 7) is 0.488. The van der Waals surface area contributed by atoms with Crippen molar-refractivity contribution in [3.8, 4) is 0 Å². The molecule has 0 fully saturated rings. The summed E-state index contributed by atoms with van der Waals surface area (Å²) in [7, 11) is 0. The van der Waals surface area contributed by atoms with Gasteiger partial charge in [-0.3, -0.25) is 4.79 Å². The highest BCUT2D eigenvalue weighted by molar-refractivity contribution is 9.10. The maximum absolute atomic E-state index is 10.1. The number of aromatic nitrogens is 1. The van der Waals surface area contributed by atoms with Crippen LogP contribution < -0.4 is 11.1 Å². The van der Waals surface area contributed by atoms with E-state index in [4.69, 9.17) is 27.2 Å². The third-order valence-electron chi connectivity index (χ3n) is 4.53. The Labute approximate surface area is 189 Å². The highest BCUT2D eigenvalue weighted by Crippen LogP contribution is 2.45. The van der Waals surface area contributed by atoms with E-state index in [1.165, 1.54) is 4.88 Å².